The number of carbonyl (C=O) groups excluding carboxylic acids is 1. The summed E-state index contributed by atoms with van der Waals surface area (Å²) in [7, 11) is -1.04. The van der Waals surface area contributed by atoms with Crippen LogP contribution in [0.1, 0.15) is 52.9 Å². The van der Waals surface area contributed by atoms with Crippen LogP contribution in [0.2, 0.25) is 25.7 Å². The Balaban J connectivity index is 1.95. The Hall–Kier alpha value is -0.453. The second-order valence-electron chi connectivity index (χ2n) is 9.43. The van der Waals surface area contributed by atoms with Crippen LogP contribution >= 0.6 is 0 Å². The van der Waals surface area contributed by atoms with Crippen LogP contribution in [-0.2, 0) is 14.3 Å². The maximum absolute atomic E-state index is 12.4. The molecule has 2 atom stereocenters. The molecule has 2 aliphatic carbocycles. The lowest BCUT2D eigenvalue weighted by atomic mass is 9.70. The average Bonchev–Trinajstić information content (AvgIpc) is 2.78. The Labute approximate surface area is 149 Å². The SMILES string of the molecule is CC(C)CC1=C2CC[C@H](OCOCC[Si](C)(C)C)[C@@]2(C)CCC1=O. The zero-order valence-electron chi connectivity index (χ0n) is 16.5. The first kappa shape index (κ1) is 19.9. The minimum Gasteiger partial charge on any atom is -0.356 e. The fourth-order valence-electron chi connectivity index (χ4n) is 4.05. The van der Waals surface area contributed by atoms with E-state index < -0.39 is 8.07 Å². The molecule has 1 fully saturated rings. The van der Waals surface area contributed by atoms with Gasteiger partial charge in [0.25, 0.3) is 0 Å². The van der Waals surface area contributed by atoms with Crippen molar-refractivity contribution in [3.63, 3.8) is 0 Å². The second-order valence-corrected chi connectivity index (χ2v) is 15.0. The van der Waals surface area contributed by atoms with Crippen LogP contribution in [0, 0.1) is 11.3 Å². The van der Waals surface area contributed by atoms with Crippen LogP contribution in [-0.4, -0.2) is 33.4 Å². The van der Waals surface area contributed by atoms with Gasteiger partial charge in [0.1, 0.15) is 6.79 Å². The number of hydrogen-bond donors (Lipinski definition) is 0. The van der Waals surface area contributed by atoms with Gasteiger partial charge < -0.3 is 9.47 Å². The van der Waals surface area contributed by atoms with Gasteiger partial charge in [0.05, 0.1) is 6.10 Å². The molecule has 0 bridgehead atoms. The molecule has 0 aromatic heterocycles. The molecule has 0 heterocycles. The molecule has 0 aromatic rings. The minimum absolute atomic E-state index is 0.0419. The summed E-state index contributed by atoms with van der Waals surface area (Å²) in [5.74, 6) is 0.909. The van der Waals surface area contributed by atoms with Gasteiger partial charge in [-0.2, -0.15) is 0 Å². The highest BCUT2D eigenvalue weighted by molar-refractivity contribution is 6.76. The van der Waals surface area contributed by atoms with Gasteiger partial charge in [0.2, 0.25) is 0 Å². The molecule has 0 unspecified atom stereocenters. The highest BCUT2D eigenvalue weighted by atomic mass is 28.3. The summed E-state index contributed by atoms with van der Waals surface area (Å²) in [6, 6.07) is 1.18. The van der Waals surface area contributed by atoms with Crippen molar-refractivity contribution >= 4 is 13.9 Å². The van der Waals surface area contributed by atoms with Crippen molar-refractivity contribution in [2.75, 3.05) is 13.4 Å². The predicted octanol–water partition coefficient (Wildman–Crippen LogP) is 5.19. The Bertz CT molecular complexity index is 490. The van der Waals surface area contributed by atoms with Gasteiger partial charge in [-0.25, -0.2) is 0 Å². The molecular weight excluding hydrogens is 316 g/mol. The molecule has 0 aliphatic heterocycles. The molecule has 0 saturated heterocycles. The Morgan fingerprint density at radius 3 is 2.58 bits per heavy atom. The van der Waals surface area contributed by atoms with Gasteiger partial charge >= 0.3 is 0 Å². The monoisotopic (exact) mass is 352 g/mol. The van der Waals surface area contributed by atoms with Crippen molar-refractivity contribution in [1.29, 1.82) is 0 Å². The number of hydrogen-bond acceptors (Lipinski definition) is 3. The van der Waals surface area contributed by atoms with Crippen molar-refractivity contribution in [2.45, 2.75) is 84.7 Å². The number of ether oxygens (including phenoxy) is 2. The average molecular weight is 353 g/mol. The predicted molar refractivity (Wildman–Crippen MR) is 102 cm³/mol. The molecule has 0 N–H and O–H groups in total. The fraction of sp³-hybridized carbons (Fsp3) is 0.850. The summed E-state index contributed by atoms with van der Waals surface area (Å²) in [4.78, 5) is 12.4. The van der Waals surface area contributed by atoms with Crippen LogP contribution in [0.3, 0.4) is 0 Å². The molecule has 3 nitrogen and oxygen atoms in total. The Morgan fingerprint density at radius 1 is 1.25 bits per heavy atom. The summed E-state index contributed by atoms with van der Waals surface area (Å²) >= 11 is 0. The number of allylic oxidation sites excluding steroid dienone is 1. The van der Waals surface area contributed by atoms with Crippen molar-refractivity contribution < 1.29 is 14.3 Å². The molecule has 138 valence electrons. The molecule has 4 heteroatoms. The number of ketones is 1. The number of fused-ring (bicyclic) bond motifs is 1. The van der Waals surface area contributed by atoms with Gasteiger partial charge in [-0.3, -0.25) is 4.79 Å². The molecule has 2 aliphatic rings. The normalized spacial score (nSPS) is 28.0. The smallest absolute Gasteiger partial charge is 0.158 e. The van der Waals surface area contributed by atoms with Crippen molar-refractivity contribution in [1.82, 2.24) is 0 Å². The molecule has 0 amide bonds. The maximum atomic E-state index is 12.4. The Morgan fingerprint density at radius 2 is 1.96 bits per heavy atom. The zero-order chi connectivity index (χ0) is 18.0. The molecule has 0 aromatic carbocycles. The highest BCUT2D eigenvalue weighted by Gasteiger charge is 2.48. The van der Waals surface area contributed by atoms with Gasteiger partial charge in [-0.15, -0.1) is 0 Å². The van der Waals surface area contributed by atoms with Gasteiger partial charge in [-0.05, 0) is 43.2 Å². The van der Waals surface area contributed by atoms with Crippen molar-refractivity contribution in [2.24, 2.45) is 11.3 Å². The van der Waals surface area contributed by atoms with E-state index in [0.717, 1.165) is 37.9 Å². The Kier molecular flexibility index (Phi) is 6.49. The molecule has 24 heavy (non-hydrogen) atoms. The maximum Gasteiger partial charge on any atom is 0.158 e. The van der Waals surface area contributed by atoms with E-state index in [0.29, 0.717) is 24.9 Å². The van der Waals surface area contributed by atoms with Gasteiger partial charge in [0.15, 0.2) is 5.78 Å². The quantitative estimate of drug-likeness (QED) is 0.342. The summed E-state index contributed by atoms with van der Waals surface area (Å²) in [6.07, 6.45) is 4.78. The number of carbonyl (C=O) groups is 1. The van der Waals surface area contributed by atoms with E-state index in [4.69, 9.17) is 9.47 Å². The summed E-state index contributed by atoms with van der Waals surface area (Å²) in [6.45, 7) is 15.0. The van der Waals surface area contributed by atoms with Crippen LogP contribution in [0.15, 0.2) is 11.1 Å². The van der Waals surface area contributed by atoms with E-state index in [9.17, 15) is 4.79 Å². The lowest BCUT2D eigenvalue weighted by Gasteiger charge is -2.37. The van der Waals surface area contributed by atoms with Crippen LogP contribution in [0.5, 0.6) is 0 Å². The lowest BCUT2D eigenvalue weighted by molar-refractivity contribution is -0.123. The third-order valence-electron chi connectivity index (χ3n) is 5.59. The first-order valence-corrected chi connectivity index (χ1v) is 13.3. The summed E-state index contributed by atoms with van der Waals surface area (Å²) in [5.41, 5.74) is 2.55. The van der Waals surface area contributed by atoms with E-state index >= 15 is 0 Å². The third kappa shape index (κ3) is 4.80. The molecular formula is C20H36O3Si. The van der Waals surface area contributed by atoms with Crippen molar-refractivity contribution in [3.05, 3.63) is 11.1 Å². The van der Waals surface area contributed by atoms with E-state index in [2.05, 4.69) is 40.4 Å². The molecule has 2 rings (SSSR count). The molecule has 1 saturated carbocycles. The number of Topliss-reactive ketones (excluding diaryl/α,β-unsaturated/α-hetero) is 1. The number of rotatable bonds is 8. The van der Waals surface area contributed by atoms with E-state index in [-0.39, 0.29) is 11.5 Å². The third-order valence-corrected chi connectivity index (χ3v) is 7.29. The lowest BCUT2D eigenvalue weighted by Crippen LogP contribution is -2.36. The highest BCUT2D eigenvalue weighted by Crippen LogP contribution is 2.52. The molecule has 0 radical (unpaired) electrons. The minimum atomic E-state index is -1.04. The molecule has 0 spiro atoms. The largest absolute Gasteiger partial charge is 0.356 e. The first-order chi connectivity index (χ1) is 11.1. The summed E-state index contributed by atoms with van der Waals surface area (Å²) in [5, 5.41) is 0. The van der Waals surface area contributed by atoms with Crippen LogP contribution in [0.25, 0.3) is 0 Å². The van der Waals surface area contributed by atoms with E-state index in [1.807, 2.05) is 0 Å². The first-order valence-electron chi connectivity index (χ1n) is 9.58. The standard InChI is InChI=1S/C20H36O3Si/c1-15(2)13-16-17-7-8-19(20(17,3)10-9-18(16)21)23-14-22-11-12-24(4,5)6/h15,19H,7-14H2,1-6H3/t19-,20-/m0/s1. The second kappa shape index (κ2) is 7.84. The van der Waals surface area contributed by atoms with Crippen LogP contribution < -0.4 is 0 Å². The van der Waals surface area contributed by atoms with Gasteiger partial charge in [0, 0.05) is 26.5 Å². The van der Waals surface area contributed by atoms with Crippen molar-refractivity contribution in [3.8, 4) is 0 Å². The van der Waals surface area contributed by atoms with E-state index in [1.165, 1.54) is 11.6 Å². The summed E-state index contributed by atoms with van der Waals surface area (Å²) < 4.78 is 11.9. The fourth-order valence-corrected chi connectivity index (χ4v) is 4.81. The van der Waals surface area contributed by atoms with Crippen LogP contribution in [0.4, 0.5) is 0 Å². The zero-order valence-corrected chi connectivity index (χ0v) is 17.5. The van der Waals surface area contributed by atoms with E-state index in [1.54, 1.807) is 0 Å². The van der Waals surface area contributed by atoms with Gasteiger partial charge in [-0.1, -0.05) is 46.0 Å². The topological polar surface area (TPSA) is 35.5 Å².